The molecule has 13 heavy (non-hydrogen) atoms. The van der Waals surface area contributed by atoms with E-state index < -0.39 is 0 Å². The Morgan fingerprint density at radius 2 is 1.77 bits per heavy atom. The molecule has 0 amide bonds. The summed E-state index contributed by atoms with van der Waals surface area (Å²) >= 11 is 0. The summed E-state index contributed by atoms with van der Waals surface area (Å²) in [5.74, 6) is 0.779. The summed E-state index contributed by atoms with van der Waals surface area (Å²) in [7, 11) is 0. The van der Waals surface area contributed by atoms with E-state index in [0.717, 1.165) is 12.3 Å². The lowest BCUT2D eigenvalue weighted by Crippen LogP contribution is -2.15. The fourth-order valence-corrected chi connectivity index (χ4v) is 1.29. The third-order valence-electron chi connectivity index (χ3n) is 2.18. The van der Waals surface area contributed by atoms with E-state index in [4.69, 9.17) is 4.99 Å². The van der Waals surface area contributed by atoms with Crippen molar-refractivity contribution in [1.29, 1.82) is 0 Å². The molecule has 1 unspecified atom stereocenters. The maximum absolute atomic E-state index is 4.73. The first-order chi connectivity index (χ1) is 5.89. The third-order valence-corrected chi connectivity index (χ3v) is 2.18. The van der Waals surface area contributed by atoms with Crippen LogP contribution in [0, 0.1) is 5.92 Å². The van der Waals surface area contributed by atoms with Gasteiger partial charge in [0.2, 0.25) is 0 Å². The van der Waals surface area contributed by atoms with Crippen molar-refractivity contribution in [2.24, 2.45) is 10.9 Å². The zero-order valence-electron chi connectivity index (χ0n) is 10.1. The van der Waals surface area contributed by atoms with Crippen LogP contribution >= 0.6 is 0 Å². The highest BCUT2D eigenvalue weighted by Gasteiger charge is 2.10. The maximum atomic E-state index is 4.73. The Hall–Kier alpha value is -0.330. The summed E-state index contributed by atoms with van der Waals surface area (Å²) in [4.78, 5) is 4.73. The van der Waals surface area contributed by atoms with Crippen molar-refractivity contribution in [2.75, 3.05) is 0 Å². The van der Waals surface area contributed by atoms with Crippen LogP contribution in [0.2, 0.25) is 0 Å². The van der Waals surface area contributed by atoms with Crippen molar-refractivity contribution in [1.82, 2.24) is 0 Å². The van der Waals surface area contributed by atoms with Gasteiger partial charge in [-0.2, -0.15) is 0 Å². The van der Waals surface area contributed by atoms with Crippen LogP contribution in [-0.2, 0) is 0 Å². The highest BCUT2D eigenvalue weighted by atomic mass is 14.8. The van der Waals surface area contributed by atoms with Gasteiger partial charge < -0.3 is 0 Å². The summed E-state index contributed by atoms with van der Waals surface area (Å²) in [5.41, 5.74) is 1.47. The fraction of sp³-hybridized carbons (Fsp3) is 0.917. The van der Waals surface area contributed by atoms with E-state index in [0.29, 0.717) is 0 Å². The molecule has 0 aliphatic carbocycles. The highest BCUT2D eigenvalue weighted by molar-refractivity contribution is 5.84. The number of hydrogen-bond donors (Lipinski definition) is 0. The van der Waals surface area contributed by atoms with Crippen LogP contribution in [0.4, 0.5) is 0 Å². The molecule has 1 heteroatoms. The van der Waals surface area contributed by atoms with Crippen molar-refractivity contribution in [3.05, 3.63) is 0 Å². The lowest BCUT2D eigenvalue weighted by molar-refractivity contribution is 0.554. The van der Waals surface area contributed by atoms with Crippen LogP contribution in [0.3, 0.4) is 0 Å². The largest absolute Gasteiger partial charge is 0.288 e. The standard InChI is InChI=1S/C12H25N/c1-7-10(3)9-11(8-2)13-12(4,5)6/h10H,7-9H2,1-6H3. The lowest BCUT2D eigenvalue weighted by atomic mass is 9.99. The van der Waals surface area contributed by atoms with Gasteiger partial charge in [-0.15, -0.1) is 0 Å². The van der Waals surface area contributed by atoms with Gasteiger partial charge in [0.1, 0.15) is 0 Å². The van der Waals surface area contributed by atoms with Gasteiger partial charge in [0.15, 0.2) is 0 Å². The first-order valence-electron chi connectivity index (χ1n) is 5.46. The maximum Gasteiger partial charge on any atom is 0.0523 e. The molecule has 1 atom stereocenters. The molecular weight excluding hydrogens is 158 g/mol. The predicted molar refractivity (Wildman–Crippen MR) is 61.6 cm³/mol. The van der Waals surface area contributed by atoms with E-state index in [1.165, 1.54) is 18.6 Å². The summed E-state index contributed by atoms with van der Waals surface area (Å²) in [5, 5.41) is 0. The molecule has 0 aromatic heterocycles. The van der Waals surface area contributed by atoms with Gasteiger partial charge in [-0.1, -0.05) is 27.2 Å². The van der Waals surface area contributed by atoms with Gasteiger partial charge in [-0.05, 0) is 39.5 Å². The number of nitrogens with zero attached hydrogens (tertiary/aromatic N) is 1. The van der Waals surface area contributed by atoms with Crippen LogP contribution in [-0.4, -0.2) is 11.3 Å². The minimum Gasteiger partial charge on any atom is -0.288 e. The van der Waals surface area contributed by atoms with E-state index in [-0.39, 0.29) is 5.54 Å². The molecular formula is C12H25N. The Balaban J connectivity index is 4.26. The Labute approximate surface area is 83.6 Å². The van der Waals surface area contributed by atoms with Crippen LogP contribution in [0.5, 0.6) is 0 Å². The second-order valence-corrected chi connectivity index (χ2v) is 4.92. The molecule has 0 saturated carbocycles. The summed E-state index contributed by atoms with van der Waals surface area (Å²) < 4.78 is 0. The van der Waals surface area contributed by atoms with Gasteiger partial charge >= 0.3 is 0 Å². The molecule has 0 aliphatic rings. The van der Waals surface area contributed by atoms with Gasteiger partial charge in [0, 0.05) is 5.71 Å². The van der Waals surface area contributed by atoms with Crippen molar-refractivity contribution in [3.8, 4) is 0 Å². The molecule has 78 valence electrons. The molecule has 0 N–H and O–H groups in total. The average molecular weight is 183 g/mol. The number of aliphatic imine (C=N–C) groups is 1. The van der Waals surface area contributed by atoms with Crippen LogP contribution in [0.1, 0.15) is 60.8 Å². The van der Waals surface area contributed by atoms with Gasteiger partial charge in [0.25, 0.3) is 0 Å². The molecule has 0 aromatic carbocycles. The minimum atomic E-state index is 0.0960. The zero-order valence-corrected chi connectivity index (χ0v) is 10.1. The van der Waals surface area contributed by atoms with E-state index in [1.54, 1.807) is 0 Å². The quantitative estimate of drug-likeness (QED) is 0.583. The van der Waals surface area contributed by atoms with Crippen LogP contribution < -0.4 is 0 Å². The smallest absolute Gasteiger partial charge is 0.0523 e. The molecule has 1 nitrogen and oxygen atoms in total. The molecule has 0 aromatic rings. The SMILES string of the molecule is CCC(CC(C)CC)=NC(C)(C)C. The molecule has 0 aliphatic heterocycles. The predicted octanol–water partition coefficient (Wildman–Crippen LogP) is 4.07. The van der Waals surface area contributed by atoms with Crippen molar-refractivity contribution < 1.29 is 0 Å². The Kier molecular flexibility index (Phi) is 5.27. The molecule has 0 saturated heterocycles. The van der Waals surface area contributed by atoms with Crippen molar-refractivity contribution in [3.63, 3.8) is 0 Å². The molecule has 0 heterocycles. The highest BCUT2D eigenvalue weighted by Crippen LogP contribution is 2.14. The molecule has 0 fully saturated rings. The fourth-order valence-electron chi connectivity index (χ4n) is 1.29. The normalized spacial score (nSPS) is 16.0. The van der Waals surface area contributed by atoms with Crippen molar-refractivity contribution in [2.45, 2.75) is 66.3 Å². The van der Waals surface area contributed by atoms with Gasteiger partial charge in [-0.25, -0.2) is 0 Å². The number of hydrogen-bond acceptors (Lipinski definition) is 1. The summed E-state index contributed by atoms with van der Waals surface area (Å²) in [6, 6.07) is 0. The monoisotopic (exact) mass is 183 g/mol. The first-order valence-corrected chi connectivity index (χ1v) is 5.46. The third kappa shape index (κ3) is 6.80. The molecule has 0 rings (SSSR count). The second kappa shape index (κ2) is 5.41. The Bertz CT molecular complexity index is 162. The summed E-state index contributed by atoms with van der Waals surface area (Å²) in [6.45, 7) is 13.2. The summed E-state index contributed by atoms with van der Waals surface area (Å²) in [6.07, 6.45) is 3.52. The van der Waals surface area contributed by atoms with E-state index in [2.05, 4.69) is 41.5 Å². The lowest BCUT2D eigenvalue weighted by Gasteiger charge is -2.17. The van der Waals surface area contributed by atoms with Gasteiger partial charge in [0.05, 0.1) is 5.54 Å². The minimum absolute atomic E-state index is 0.0960. The van der Waals surface area contributed by atoms with E-state index in [9.17, 15) is 0 Å². The number of rotatable bonds is 4. The zero-order chi connectivity index (χ0) is 10.5. The van der Waals surface area contributed by atoms with E-state index >= 15 is 0 Å². The first kappa shape index (κ1) is 12.7. The Morgan fingerprint density at radius 3 is 2.08 bits per heavy atom. The van der Waals surface area contributed by atoms with Crippen molar-refractivity contribution >= 4 is 5.71 Å². The van der Waals surface area contributed by atoms with Gasteiger partial charge in [-0.3, -0.25) is 4.99 Å². The molecule has 0 radical (unpaired) electrons. The second-order valence-electron chi connectivity index (χ2n) is 4.92. The molecule has 0 spiro atoms. The topological polar surface area (TPSA) is 12.4 Å². The van der Waals surface area contributed by atoms with Crippen LogP contribution in [0.25, 0.3) is 0 Å². The van der Waals surface area contributed by atoms with E-state index in [1.807, 2.05) is 0 Å². The molecule has 0 bridgehead atoms. The average Bonchev–Trinajstić information content (AvgIpc) is 2.00. The van der Waals surface area contributed by atoms with Crippen LogP contribution in [0.15, 0.2) is 4.99 Å². The Morgan fingerprint density at radius 1 is 1.23 bits per heavy atom.